The molecule has 0 nitrogen and oxygen atoms in total. The Hall–Kier alpha value is -2.30. The Labute approximate surface area is 110 Å². The Morgan fingerprint density at radius 1 is 0.889 bits per heavy atom. The van der Waals surface area contributed by atoms with E-state index in [-0.39, 0.29) is 0 Å². The maximum Gasteiger partial charge on any atom is 0.0446 e. The Bertz CT molecular complexity index is 609. The number of allylic oxidation sites excluding steroid dienone is 4. The first-order valence-corrected chi connectivity index (χ1v) is 6.06. The molecule has 0 saturated heterocycles. The molecule has 3 rings (SSSR count). The van der Waals surface area contributed by atoms with Crippen LogP contribution in [-0.4, -0.2) is 0 Å². The smallest absolute Gasteiger partial charge is 0.0446 e. The Kier molecular flexibility index (Phi) is 2.65. The summed E-state index contributed by atoms with van der Waals surface area (Å²) in [4.78, 5) is 0. The van der Waals surface area contributed by atoms with Crippen LogP contribution >= 0.6 is 0 Å². The molecule has 0 spiro atoms. The molecular weight excluding hydrogens is 216 g/mol. The van der Waals surface area contributed by atoms with Gasteiger partial charge in [-0.2, -0.15) is 0 Å². The summed E-state index contributed by atoms with van der Waals surface area (Å²) in [6.07, 6.45) is 6.53. The van der Waals surface area contributed by atoms with E-state index in [9.17, 15) is 0 Å². The lowest BCUT2D eigenvalue weighted by molar-refractivity contribution is 1.31. The van der Waals surface area contributed by atoms with Crippen LogP contribution in [0.5, 0.6) is 0 Å². The molecule has 0 fully saturated rings. The minimum Gasteiger partial charge on any atom is -0.144 e. The molecule has 1 aliphatic rings. The predicted molar refractivity (Wildman–Crippen MR) is 76.4 cm³/mol. The Morgan fingerprint density at radius 3 is 2.17 bits per heavy atom. The highest BCUT2D eigenvalue weighted by molar-refractivity contribution is 5.96. The fourth-order valence-electron chi connectivity index (χ4n) is 2.16. The van der Waals surface area contributed by atoms with Crippen molar-refractivity contribution >= 4 is 11.1 Å². The first-order chi connectivity index (χ1) is 9.36. The largest absolute Gasteiger partial charge is 0.144 e. The van der Waals surface area contributed by atoms with Crippen molar-refractivity contribution < 1.29 is 1.37 Å². The first kappa shape index (κ1) is 9.70. The van der Waals surface area contributed by atoms with E-state index in [0.29, 0.717) is 0 Å². The van der Waals surface area contributed by atoms with Crippen LogP contribution in [0.1, 0.15) is 18.9 Å². The maximum atomic E-state index is 8.23. The van der Waals surface area contributed by atoms with E-state index in [2.05, 4.69) is 30.3 Å². The summed E-state index contributed by atoms with van der Waals surface area (Å²) >= 11 is 0. The molecule has 0 heterocycles. The lowest BCUT2D eigenvalue weighted by atomic mass is 9.87. The average Bonchev–Trinajstić information content (AvgIpc) is 2.49. The van der Waals surface area contributed by atoms with Crippen LogP contribution in [0.2, 0.25) is 0 Å². The molecule has 2 aromatic rings. The van der Waals surface area contributed by atoms with Crippen molar-refractivity contribution in [2.24, 2.45) is 0 Å². The predicted octanol–water partition coefficient (Wildman–Crippen LogP) is 4.56. The highest BCUT2D eigenvalue weighted by Gasteiger charge is 2.12. The van der Waals surface area contributed by atoms with Crippen molar-refractivity contribution in [2.45, 2.75) is 6.40 Å². The second-order valence-corrected chi connectivity index (χ2v) is 4.20. The second kappa shape index (κ2) is 4.91. The van der Waals surface area contributed by atoms with Gasteiger partial charge in [0.15, 0.2) is 0 Å². The van der Waals surface area contributed by atoms with Gasteiger partial charge in [-0.05, 0) is 34.8 Å². The topological polar surface area (TPSA) is 0 Å². The molecule has 0 amide bonds. The van der Waals surface area contributed by atoms with Crippen molar-refractivity contribution in [3.63, 3.8) is 0 Å². The van der Waals surface area contributed by atoms with E-state index < -0.39 is 6.40 Å². The van der Waals surface area contributed by atoms with Gasteiger partial charge in [0, 0.05) is 7.77 Å². The van der Waals surface area contributed by atoms with Crippen molar-refractivity contribution in [2.75, 3.05) is 0 Å². The van der Waals surface area contributed by atoms with E-state index in [1.165, 1.54) is 0 Å². The van der Waals surface area contributed by atoms with Crippen LogP contribution < -0.4 is 0 Å². The summed E-state index contributed by atoms with van der Waals surface area (Å²) in [5.74, 6) is 0. The maximum absolute atomic E-state index is 8.23. The standard InChI is InChI=1S/C18H14/c1-3-9-15(10-4-1)17-13-7-8-14-18(17)16-11-5-2-6-12-16/h1-7,9-13H,14H2/i14D. The van der Waals surface area contributed by atoms with Gasteiger partial charge in [-0.1, -0.05) is 60.7 Å². The number of hydrogen-bond donors (Lipinski definition) is 0. The van der Waals surface area contributed by atoms with Gasteiger partial charge < -0.3 is 0 Å². The number of rotatable bonds is 2. The normalized spacial score (nSPS) is 18.9. The van der Waals surface area contributed by atoms with E-state index in [0.717, 1.165) is 22.3 Å². The fourth-order valence-corrected chi connectivity index (χ4v) is 2.16. The van der Waals surface area contributed by atoms with Gasteiger partial charge >= 0.3 is 0 Å². The molecule has 86 valence electrons. The third-order valence-corrected chi connectivity index (χ3v) is 3.03. The van der Waals surface area contributed by atoms with Gasteiger partial charge in [0.1, 0.15) is 0 Å². The lowest BCUT2D eigenvalue weighted by Gasteiger charge is -2.17. The Balaban J connectivity index is 2.16. The molecule has 0 aromatic heterocycles. The summed E-state index contributed by atoms with van der Waals surface area (Å²) in [6, 6.07) is 20.4. The van der Waals surface area contributed by atoms with Gasteiger partial charge in [0.2, 0.25) is 0 Å². The monoisotopic (exact) mass is 231 g/mol. The lowest BCUT2D eigenvalue weighted by Crippen LogP contribution is -1.96. The molecule has 18 heavy (non-hydrogen) atoms. The fraction of sp³-hybridized carbons (Fsp3) is 0.0556. The summed E-state index contributed by atoms with van der Waals surface area (Å²) in [5, 5.41) is 0. The van der Waals surface area contributed by atoms with Gasteiger partial charge in [-0.25, -0.2) is 0 Å². The summed E-state index contributed by atoms with van der Waals surface area (Å²) < 4.78 is 8.23. The molecule has 0 bridgehead atoms. The molecule has 1 unspecified atom stereocenters. The highest BCUT2D eigenvalue weighted by Crippen LogP contribution is 2.33. The second-order valence-electron chi connectivity index (χ2n) is 4.20. The summed E-state index contributed by atoms with van der Waals surface area (Å²) in [5.41, 5.74) is 4.38. The zero-order valence-electron chi connectivity index (χ0n) is 11.0. The molecular formula is C18H14. The molecule has 0 aliphatic heterocycles. The summed E-state index contributed by atoms with van der Waals surface area (Å²) in [7, 11) is 0. The van der Waals surface area contributed by atoms with Gasteiger partial charge in [-0.3, -0.25) is 0 Å². The SMILES string of the molecule is [2H]C1[C+]=C[CH-]C(c2ccccc2)=C1c1ccccc1. The quantitative estimate of drug-likeness (QED) is 0.664. The first-order valence-electron chi connectivity index (χ1n) is 6.64. The van der Waals surface area contributed by atoms with Crippen LogP contribution in [-0.2, 0) is 0 Å². The van der Waals surface area contributed by atoms with Crippen molar-refractivity contribution in [1.82, 2.24) is 0 Å². The van der Waals surface area contributed by atoms with Crippen LogP contribution in [0.4, 0.5) is 0 Å². The minimum atomic E-state index is -0.428. The molecule has 1 aliphatic carbocycles. The van der Waals surface area contributed by atoms with Gasteiger partial charge in [0.25, 0.3) is 0 Å². The third-order valence-electron chi connectivity index (χ3n) is 3.03. The molecule has 1 atom stereocenters. The van der Waals surface area contributed by atoms with Crippen LogP contribution in [0, 0.1) is 12.5 Å². The van der Waals surface area contributed by atoms with E-state index in [1.54, 1.807) is 0 Å². The van der Waals surface area contributed by atoms with Crippen molar-refractivity contribution in [1.29, 1.82) is 0 Å². The van der Waals surface area contributed by atoms with Crippen LogP contribution in [0.15, 0.2) is 66.7 Å². The number of hydrogen-bond acceptors (Lipinski definition) is 0. The van der Waals surface area contributed by atoms with Crippen molar-refractivity contribution in [3.05, 3.63) is 90.4 Å². The molecule has 0 N–H and O–H groups in total. The Morgan fingerprint density at radius 2 is 1.50 bits per heavy atom. The van der Waals surface area contributed by atoms with E-state index in [1.807, 2.05) is 48.9 Å². The minimum absolute atomic E-state index is 0.428. The van der Waals surface area contributed by atoms with Crippen LogP contribution in [0.25, 0.3) is 11.1 Å². The zero-order chi connectivity index (χ0) is 13.1. The van der Waals surface area contributed by atoms with Crippen molar-refractivity contribution in [3.8, 4) is 0 Å². The van der Waals surface area contributed by atoms with Gasteiger partial charge in [-0.15, -0.1) is 6.08 Å². The summed E-state index contributed by atoms with van der Waals surface area (Å²) in [6.45, 7) is 0. The zero-order valence-corrected chi connectivity index (χ0v) is 10.0. The third kappa shape index (κ3) is 2.07. The number of benzene rings is 2. The molecule has 0 radical (unpaired) electrons. The van der Waals surface area contributed by atoms with Crippen LogP contribution in [0.3, 0.4) is 0 Å². The molecule has 0 heteroatoms. The van der Waals surface area contributed by atoms with E-state index >= 15 is 0 Å². The molecule has 2 aromatic carbocycles. The van der Waals surface area contributed by atoms with E-state index in [4.69, 9.17) is 1.37 Å². The highest BCUT2D eigenvalue weighted by atomic mass is 14.2. The van der Waals surface area contributed by atoms with Gasteiger partial charge in [0.05, 0.1) is 0 Å². The average molecular weight is 231 g/mol. The molecule has 0 saturated carbocycles.